The predicted octanol–water partition coefficient (Wildman–Crippen LogP) is 6.01. The lowest BCUT2D eigenvalue weighted by Gasteiger charge is -2.24. The van der Waals surface area contributed by atoms with Gasteiger partial charge in [0.05, 0.1) is 6.04 Å². The van der Waals surface area contributed by atoms with Crippen LogP contribution in [0.3, 0.4) is 0 Å². The van der Waals surface area contributed by atoms with Gasteiger partial charge < -0.3 is 0 Å². The molecular weight excluding hydrogens is 326 g/mol. The molecule has 0 aliphatic heterocycles. The Hall–Kier alpha value is -2.82. The monoisotopic (exact) mass is 353 g/mol. The van der Waals surface area contributed by atoms with E-state index in [9.17, 15) is 0 Å². The highest BCUT2D eigenvalue weighted by Crippen LogP contribution is 2.18. The van der Waals surface area contributed by atoms with Crippen LogP contribution in [0.15, 0.2) is 78.9 Å². The quantitative estimate of drug-likeness (QED) is 0.491. The number of nitrogens with zero attached hydrogens (tertiary/aromatic N) is 1. The van der Waals surface area contributed by atoms with Crippen LogP contribution in [-0.4, -0.2) is 24.0 Å². The van der Waals surface area contributed by atoms with E-state index in [0.717, 1.165) is 25.1 Å². The Balaban J connectivity index is 1.84. The molecular formula is C26H27N. The van der Waals surface area contributed by atoms with E-state index in [0.29, 0.717) is 0 Å². The summed E-state index contributed by atoms with van der Waals surface area (Å²) in [5.74, 6) is 7.00. The number of hydrogen-bond acceptors (Lipinski definition) is 1. The highest BCUT2D eigenvalue weighted by molar-refractivity contribution is 5.88. The molecule has 0 aliphatic rings. The maximum absolute atomic E-state index is 3.54. The molecule has 0 heterocycles. The molecule has 1 atom stereocenters. The Kier molecular flexibility index (Phi) is 6.85. The molecule has 3 aromatic carbocycles. The van der Waals surface area contributed by atoms with Crippen molar-refractivity contribution in [2.45, 2.75) is 26.3 Å². The van der Waals surface area contributed by atoms with Crippen LogP contribution in [0.4, 0.5) is 0 Å². The maximum atomic E-state index is 3.54. The van der Waals surface area contributed by atoms with E-state index in [1.54, 1.807) is 0 Å². The third-order valence-electron chi connectivity index (χ3n) is 4.89. The molecule has 0 amide bonds. The number of hydrogen-bond donors (Lipinski definition) is 0. The molecule has 0 bridgehead atoms. The van der Waals surface area contributed by atoms with E-state index >= 15 is 0 Å². The van der Waals surface area contributed by atoms with E-state index in [1.165, 1.54) is 16.3 Å². The normalized spacial score (nSPS) is 12.3. The van der Waals surface area contributed by atoms with Crippen molar-refractivity contribution in [1.29, 1.82) is 0 Å². The van der Waals surface area contributed by atoms with Crippen LogP contribution in [0.25, 0.3) is 16.8 Å². The van der Waals surface area contributed by atoms with Crippen LogP contribution in [0.5, 0.6) is 0 Å². The summed E-state index contributed by atoms with van der Waals surface area (Å²) in [7, 11) is 0. The molecule has 27 heavy (non-hydrogen) atoms. The van der Waals surface area contributed by atoms with Gasteiger partial charge in [-0.3, -0.25) is 4.90 Å². The molecule has 3 aromatic rings. The molecule has 0 saturated heterocycles. The summed E-state index contributed by atoms with van der Waals surface area (Å²) >= 11 is 0. The minimum Gasteiger partial charge on any atom is -0.290 e. The van der Waals surface area contributed by atoms with E-state index in [4.69, 9.17) is 0 Å². The number of rotatable bonds is 6. The van der Waals surface area contributed by atoms with Crippen molar-refractivity contribution in [2.75, 3.05) is 13.1 Å². The fraction of sp³-hybridized carbons (Fsp3) is 0.231. The zero-order valence-electron chi connectivity index (χ0n) is 16.2. The largest absolute Gasteiger partial charge is 0.290 e. The molecule has 3 rings (SSSR count). The first-order valence-electron chi connectivity index (χ1n) is 9.76. The van der Waals surface area contributed by atoms with Crippen LogP contribution in [0.1, 0.15) is 31.4 Å². The second kappa shape index (κ2) is 9.76. The molecule has 0 N–H and O–H groups in total. The zero-order valence-corrected chi connectivity index (χ0v) is 16.2. The summed E-state index contributed by atoms with van der Waals surface area (Å²) in [4.78, 5) is 2.42. The van der Waals surface area contributed by atoms with Crippen molar-refractivity contribution in [2.24, 2.45) is 0 Å². The first-order chi connectivity index (χ1) is 13.3. The van der Waals surface area contributed by atoms with Gasteiger partial charge in [0.1, 0.15) is 0 Å². The lowest BCUT2D eigenvalue weighted by atomic mass is 10.0. The molecule has 0 aliphatic carbocycles. The first kappa shape index (κ1) is 19.0. The van der Waals surface area contributed by atoms with Crippen molar-refractivity contribution in [1.82, 2.24) is 4.90 Å². The predicted molar refractivity (Wildman–Crippen MR) is 118 cm³/mol. The summed E-state index contributed by atoms with van der Waals surface area (Å²) in [6.07, 6.45) is 5.36. The molecule has 0 radical (unpaired) electrons. The topological polar surface area (TPSA) is 3.24 Å². The van der Waals surface area contributed by atoms with Crippen LogP contribution in [0.2, 0.25) is 0 Å². The van der Waals surface area contributed by atoms with Crippen molar-refractivity contribution in [3.05, 3.63) is 90.0 Å². The molecule has 136 valence electrons. The van der Waals surface area contributed by atoms with Gasteiger partial charge in [0, 0.05) is 5.56 Å². The molecule has 0 aromatic heterocycles. The Labute approximate surface area is 163 Å². The maximum Gasteiger partial charge on any atom is 0.0753 e. The lowest BCUT2D eigenvalue weighted by Crippen LogP contribution is -2.33. The van der Waals surface area contributed by atoms with E-state index in [-0.39, 0.29) is 6.04 Å². The third kappa shape index (κ3) is 5.09. The van der Waals surface area contributed by atoms with Crippen LogP contribution in [0, 0.1) is 11.8 Å². The molecule has 1 nitrogen and oxygen atoms in total. The van der Waals surface area contributed by atoms with Gasteiger partial charge in [-0.25, -0.2) is 0 Å². The van der Waals surface area contributed by atoms with Gasteiger partial charge in [-0.15, -0.1) is 0 Å². The summed E-state index contributed by atoms with van der Waals surface area (Å²) in [5.41, 5.74) is 2.34. The Morgan fingerprint density at radius 3 is 2.33 bits per heavy atom. The van der Waals surface area contributed by atoms with E-state index < -0.39 is 0 Å². The number of fused-ring (bicyclic) bond motifs is 1. The van der Waals surface area contributed by atoms with Gasteiger partial charge in [0.2, 0.25) is 0 Å². The van der Waals surface area contributed by atoms with Crippen molar-refractivity contribution < 1.29 is 0 Å². The van der Waals surface area contributed by atoms with E-state index in [2.05, 4.69) is 109 Å². The van der Waals surface area contributed by atoms with Gasteiger partial charge in [-0.1, -0.05) is 105 Å². The van der Waals surface area contributed by atoms with E-state index in [1.807, 2.05) is 6.07 Å². The van der Waals surface area contributed by atoms with Crippen LogP contribution >= 0.6 is 0 Å². The third-order valence-corrected chi connectivity index (χ3v) is 4.89. The van der Waals surface area contributed by atoms with Crippen molar-refractivity contribution in [3.63, 3.8) is 0 Å². The highest BCUT2D eigenvalue weighted by atomic mass is 15.1. The average molecular weight is 354 g/mol. The first-order valence-corrected chi connectivity index (χ1v) is 9.76. The van der Waals surface area contributed by atoms with Crippen molar-refractivity contribution >= 4 is 16.8 Å². The second-order valence-corrected chi connectivity index (χ2v) is 6.58. The molecule has 0 saturated carbocycles. The van der Waals surface area contributed by atoms with Gasteiger partial charge in [-0.2, -0.15) is 0 Å². The SMILES string of the molecule is CCN(CC)C(C#Cc1cccc2ccccc12)CC=Cc1ccccc1. The van der Waals surface area contributed by atoms with Crippen LogP contribution in [-0.2, 0) is 0 Å². The fourth-order valence-electron chi connectivity index (χ4n) is 3.36. The average Bonchev–Trinajstić information content (AvgIpc) is 2.73. The molecule has 0 spiro atoms. The summed E-state index contributed by atoms with van der Waals surface area (Å²) < 4.78 is 0. The molecule has 1 unspecified atom stereocenters. The van der Waals surface area contributed by atoms with Gasteiger partial charge >= 0.3 is 0 Å². The minimum absolute atomic E-state index is 0.221. The Morgan fingerprint density at radius 1 is 0.852 bits per heavy atom. The fourth-order valence-corrected chi connectivity index (χ4v) is 3.36. The summed E-state index contributed by atoms with van der Waals surface area (Å²) in [5, 5.41) is 2.47. The summed E-state index contributed by atoms with van der Waals surface area (Å²) in [6.45, 7) is 6.42. The smallest absolute Gasteiger partial charge is 0.0753 e. The van der Waals surface area contributed by atoms with Gasteiger partial charge in [-0.05, 0) is 41.9 Å². The Morgan fingerprint density at radius 2 is 1.56 bits per heavy atom. The second-order valence-electron chi connectivity index (χ2n) is 6.58. The summed E-state index contributed by atoms with van der Waals surface area (Å²) in [6, 6.07) is 25.5. The molecule has 0 fully saturated rings. The van der Waals surface area contributed by atoms with Gasteiger partial charge in [0.25, 0.3) is 0 Å². The number of benzene rings is 3. The standard InChI is InChI=1S/C26H27N/c1-3-27(4-2)25(18-10-14-22-12-6-5-7-13-22)21-20-24-17-11-16-23-15-8-9-19-26(23)24/h5-17,19,25H,3-4,18H2,1-2H3. The zero-order chi connectivity index (χ0) is 18.9. The van der Waals surface area contributed by atoms with Gasteiger partial charge in [0.15, 0.2) is 0 Å². The lowest BCUT2D eigenvalue weighted by molar-refractivity contribution is 0.262. The van der Waals surface area contributed by atoms with Crippen LogP contribution < -0.4 is 0 Å². The molecule has 1 heteroatoms. The Bertz CT molecular complexity index is 935. The van der Waals surface area contributed by atoms with Crippen molar-refractivity contribution in [3.8, 4) is 11.8 Å². The highest BCUT2D eigenvalue weighted by Gasteiger charge is 2.11. The minimum atomic E-state index is 0.221.